The summed E-state index contributed by atoms with van der Waals surface area (Å²) < 4.78 is 2.70. The zero-order valence-electron chi connectivity index (χ0n) is 8.35. The molecule has 4 nitrogen and oxygen atoms in total. The maximum Gasteiger partial charge on any atom is 0.195 e. The number of halogens is 1. The summed E-state index contributed by atoms with van der Waals surface area (Å²) in [6.45, 7) is 0. The fourth-order valence-corrected chi connectivity index (χ4v) is 2.21. The molecule has 6 heteroatoms. The van der Waals surface area contributed by atoms with Crippen LogP contribution < -0.4 is 0 Å². The van der Waals surface area contributed by atoms with Gasteiger partial charge in [0.25, 0.3) is 0 Å². The molecule has 0 aromatic carbocycles. The van der Waals surface area contributed by atoms with Crippen LogP contribution in [0.3, 0.4) is 0 Å². The number of nitrogens with zero attached hydrogens (tertiary/aromatic N) is 3. The van der Waals surface area contributed by atoms with Gasteiger partial charge < -0.3 is 0 Å². The minimum atomic E-state index is 0.477. The Labute approximate surface area is 102 Å². The van der Waals surface area contributed by atoms with Crippen molar-refractivity contribution < 1.29 is 0 Å². The molecule has 0 atom stereocenters. The highest BCUT2D eigenvalue weighted by Crippen LogP contribution is 2.39. The number of pyridine rings is 1. The second kappa shape index (κ2) is 3.68. The van der Waals surface area contributed by atoms with Gasteiger partial charge in [-0.1, -0.05) is 11.6 Å². The van der Waals surface area contributed by atoms with Crippen molar-refractivity contribution in [2.24, 2.45) is 0 Å². The molecule has 1 N–H and O–H groups in total. The summed E-state index contributed by atoms with van der Waals surface area (Å²) in [7, 11) is 0. The normalized spacial score (nSPS) is 15.3. The Bertz CT molecular complexity index is 585. The number of H-pyrrole nitrogens is 1. The lowest BCUT2D eigenvalue weighted by molar-refractivity contribution is 0.735. The van der Waals surface area contributed by atoms with E-state index in [-0.39, 0.29) is 0 Å². The minimum absolute atomic E-state index is 0.477. The van der Waals surface area contributed by atoms with E-state index in [0.29, 0.717) is 15.8 Å². The predicted octanol–water partition coefficient (Wildman–Crippen LogP) is 2.99. The topological polar surface area (TPSA) is 46.5 Å². The van der Waals surface area contributed by atoms with E-state index < -0.39 is 0 Å². The van der Waals surface area contributed by atoms with Crippen LogP contribution in [0.25, 0.3) is 11.4 Å². The zero-order chi connectivity index (χ0) is 11.1. The van der Waals surface area contributed by atoms with Crippen LogP contribution in [0.5, 0.6) is 0 Å². The third-order valence-electron chi connectivity index (χ3n) is 2.63. The van der Waals surface area contributed by atoms with Crippen LogP contribution in [0.1, 0.15) is 18.9 Å². The van der Waals surface area contributed by atoms with E-state index in [4.69, 9.17) is 23.8 Å². The largest absolute Gasteiger partial charge is 0.297 e. The molecule has 0 saturated heterocycles. The van der Waals surface area contributed by atoms with Crippen molar-refractivity contribution in [3.8, 4) is 11.4 Å². The molecule has 82 valence electrons. The molecule has 0 spiro atoms. The Morgan fingerprint density at radius 1 is 1.50 bits per heavy atom. The maximum atomic E-state index is 6.10. The quantitative estimate of drug-likeness (QED) is 0.836. The zero-order valence-corrected chi connectivity index (χ0v) is 9.92. The molecule has 0 bridgehead atoms. The first kappa shape index (κ1) is 9.99. The van der Waals surface area contributed by atoms with Crippen molar-refractivity contribution in [2.75, 3.05) is 0 Å². The van der Waals surface area contributed by atoms with Gasteiger partial charge >= 0.3 is 0 Å². The predicted molar refractivity (Wildman–Crippen MR) is 63.9 cm³/mol. The molecule has 0 aliphatic heterocycles. The van der Waals surface area contributed by atoms with Crippen molar-refractivity contribution in [3.63, 3.8) is 0 Å². The first-order chi connectivity index (χ1) is 7.77. The number of nitrogens with one attached hydrogen (secondary N) is 1. The van der Waals surface area contributed by atoms with E-state index in [2.05, 4.69) is 15.2 Å². The molecule has 1 saturated carbocycles. The minimum Gasteiger partial charge on any atom is -0.297 e. The van der Waals surface area contributed by atoms with Crippen LogP contribution in [-0.4, -0.2) is 19.7 Å². The summed E-state index contributed by atoms with van der Waals surface area (Å²) >= 11 is 11.3. The van der Waals surface area contributed by atoms with E-state index in [9.17, 15) is 0 Å². The molecule has 1 aliphatic rings. The highest BCUT2D eigenvalue weighted by atomic mass is 35.5. The highest BCUT2D eigenvalue weighted by Gasteiger charge is 2.28. The average molecular weight is 253 g/mol. The van der Waals surface area contributed by atoms with Crippen molar-refractivity contribution in [2.45, 2.75) is 18.9 Å². The molecular weight excluding hydrogens is 244 g/mol. The second-order valence-corrected chi connectivity index (χ2v) is 4.60. The smallest absolute Gasteiger partial charge is 0.195 e. The molecule has 2 aromatic heterocycles. The van der Waals surface area contributed by atoms with Crippen LogP contribution >= 0.6 is 23.8 Å². The van der Waals surface area contributed by atoms with Crippen molar-refractivity contribution in [1.82, 2.24) is 19.7 Å². The molecule has 0 amide bonds. The summed E-state index contributed by atoms with van der Waals surface area (Å²) in [5.41, 5.74) is 0.871. The van der Waals surface area contributed by atoms with Gasteiger partial charge in [-0.05, 0) is 31.1 Å². The molecule has 0 radical (unpaired) electrons. The van der Waals surface area contributed by atoms with Gasteiger partial charge in [0, 0.05) is 24.0 Å². The lowest BCUT2D eigenvalue weighted by atomic mass is 10.2. The third kappa shape index (κ3) is 1.56. The van der Waals surface area contributed by atoms with Gasteiger partial charge in [-0.3, -0.25) is 14.6 Å². The van der Waals surface area contributed by atoms with Gasteiger partial charge in [-0.25, -0.2) is 0 Å². The third-order valence-corrected chi connectivity index (χ3v) is 3.22. The van der Waals surface area contributed by atoms with E-state index in [1.165, 1.54) is 0 Å². The molecule has 0 unspecified atom stereocenters. The first-order valence-corrected chi connectivity index (χ1v) is 5.83. The number of hydrogen-bond acceptors (Lipinski definition) is 3. The van der Waals surface area contributed by atoms with Gasteiger partial charge in [0.15, 0.2) is 10.6 Å². The van der Waals surface area contributed by atoms with Crippen LogP contribution in [0.15, 0.2) is 18.5 Å². The molecule has 1 aliphatic carbocycles. The molecular formula is C10H9ClN4S. The fourth-order valence-electron chi connectivity index (χ4n) is 1.72. The fraction of sp³-hybridized carbons (Fsp3) is 0.300. The van der Waals surface area contributed by atoms with Crippen molar-refractivity contribution >= 4 is 23.8 Å². The summed E-state index contributed by atoms with van der Waals surface area (Å²) in [5.74, 6) is 0.805. The van der Waals surface area contributed by atoms with E-state index in [1.807, 2.05) is 10.6 Å². The van der Waals surface area contributed by atoms with Crippen molar-refractivity contribution in [1.29, 1.82) is 0 Å². The summed E-state index contributed by atoms with van der Waals surface area (Å²) in [6, 6.07) is 2.33. The molecule has 16 heavy (non-hydrogen) atoms. The average Bonchev–Trinajstić information content (AvgIpc) is 3.04. The Balaban J connectivity index is 2.20. The number of rotatable bonds is 2. The lowest BCUT2D eigenvalue weighted by Gasteiger charge is -2.05. The van der Waals surface area contributed by atoms with Crippen molar-refractivity contribution in [3.05, 3.63) is 28.3 Å². The molecule has 3 rings (SSSR count). The number of aromatic amines is 1. The maximum absolute atomic E-state index is 6.10. The van der Waals surface area contributed by atoms with Crippen LogP contribution in [0.4, 0.5) is 0 Å². The van der Waals surface area contributed by atoms with E-state index >= 15 is 0 Å². The van der Waals surface area contributed by atoms with E-state index in [1.54, 1.807) is 12.4 Å². The van der Waals surface area contributed by atoms with Gasteiger partial charge in [0.1, 0.15) is 0 Å². The van der Waals surface area contributed by atoms with Crippen LogP contribution in [0.2, 0.25) is 5.02 Å². The van der Waals surface area contributed by atoms with Gasteiger partial charge in [-0.2, -0.15) is 5.10 Å². The molecule has 2 aromatic rings. The summed E-state index contributed by atoms with van der Waals surface area (Å²) in [4.78, 5) is 3.96. The van der Waals surface area contributed by atoms with Gasteiger partial charge in [-0.15, -0.1) is 0 Å². The first-order valence-electron chi connectivity index (χ1n) is 5.04. The monoisotopic (exact) mass is 252 g/mol. The van der Waals surface area contributed by atoms with Gasteiger partial charge in [0.2, 0.25) is 0 Å². The van der Waals surface area contributed by atoms with Gasteiger partial charge in [0.05, 0.1) is 5.02 Å². The summed E-state index contributed by atoms with van der Waals surface area (Å²) in [5, 5.41) is 7.66. The summed E-state index contributed by atoms with van der Waals surface area (Å²) in [6.07, 6.45) is 5.63. The van der Waals surface area contributed by atoms with E-state index in [0.717, 1.165) is 24.2 Å². The Kier molecular flexibility index (Phi) is 2.29. The SMILES string of the molecule is S=c1[nH]nc(-c2ccncc2Cl)n1C1CC1. The molecule has 2 heterocycles. The van der Waals surface area contributed by atoms with Crippen LogP contribution in [-0.2, 0) is 0 Å². The standard InChI is InChI=1S/C10H9ClN4S/c11-8-5-12-4-3-7(8)9-13-14-10(16)15(9)6-1-2-6/h3-6H,1-2H2,(H,14,16). The Morgan fingerprint density at radius 3 is 3.00 bits per heavy atom. The molecule has 1 fully saturated rings. The number of hydrogen-bond donors (Lipinski definition) is 1. The Morgan fingerprint density at radius 2 is 2.31 bits per heavy atom. The van der Waals surface area contributed by atoms with Crippen LogP contribution in [0, 0.1) is 4.77 Å². The number of aromatic nitrogens is 4. The second-order valence-electron chi connectivity index (χ2n) is 3.81. The lowest BCUT2D eigenvalue weighted by Crippen LogP contribution is -1.98. The Hall–Kier alpha value is -1.20. The highest BCUT2D eigenvalue weighted by molar-refractivity contribution is 7.71.